The number of fused-ring (bicyclic) bond motifs is 2. The van der Waals surface area contributed by atoms with E-state index < -0.39 is 0 Å². The lowest BCUT2D eigenvalue weighted by Gasteiger charge is -2.27. The van der Waals surface area contributed by atoms with Crippen molar-refractivity contribution in [1.82, 2.24) is 24.5 Å². The van der Waals surface area contributed by atoms with Gasteiger partial charge in [0.05, 0.1) is 12.2 Å². The zero-order chi connectivity index (χ0) is 16.8. The van der Waals surface area contributed by atoms with E-state index in [9.17, 15) is 0 Å². The minimum Gasteiger partial charge on any atom is -0.349 e. The first kappa shape index (κ1) is 15.8. The predicted molar refractivity (Wildman–Crippen MR) is 99.0 cm³/mol. The molecule has 4 rings (SSSR count). The van der Waals surface area contributed by atoms with E-state index >= 15 is 0 Å². The van der Waals surface area contributed by atoms with Gasteiger partial charge in [-0.2, -0.15) is 0 Å². The first-order valence-electron chi connectivity index (χ1n) is 8.03. The largest absolute Gasteiger partial charge is 0.349 e. The molecule has 6 nitrogen and oxygen atoms in total. The average molecular weight is 361 g/mol. The van der Waals surface area contributed by atoms with Crippen molar-refractivity contribution >= 4 is 39.3 Å². The quantitative estimate of drug-likeness (QED) is 0.668. The monoisotopic (exact) mass is 360 g/mol. The molecule has 4 heterocycles. The highest BCUT2D eigenvalue weighted by atomic mass is 32.2. The minimum absolute atomic E-state index is 0.436. The van der Waals surface area contributed by atoms with E-state index in [-0.39, 0.29) is 0 Å². The van der Waals surface area contributed by atoms with Gasteiger partial charge in [0.1, 0.15) is 16.9 Å². The standard InChI is InChI=1S/C16H20N6S2/c1-9(2)14-19-10-7-22(6-5-11(10)21(14)3)15-12-13(17-8-18-15)20-16(23-4)24-12/h8-9H,5-7H2,1-4H3. The van der Waals surface area contributed by atoms with Crippen molar-refractivity contribution in [1.29, 1.82) is 0 Å². The van der Waals surface area contributed by atoms with Crippen LogP contribution in [0.25, 0.3) is 10.3 Å². The van der Waals surface area contributed by atoms with Crippen molar-refractivity contribution in [3.05, 3.63) is 23.5 Å². The van der Waals surface area contributed by atoms with E-state index in [0.717, 1.165) is 45.8 Å². The molecule has 1 aliphatic heterocycles. The topological polar surface area (TPSA) is 59.7 Å². The highest BCUT2D eigenvalue weighted by Gasteiger charge is 2.26. The summed E-state index contributed by atoms with van der Waals surface area (Å²) in [6.45, 7) is 6.14. The Morgan fingerprint density at radius 1 is 1.25 bits per heavy atom. The van der Waals surface area contributed by atoms with Crippen molar-refractivity contribution in [2.24, 2.45) is 7.05 Å². The van der Waals surface area contributed by atoms with Gasteiger partial charge in [0.25, 0.3) is 0 Å². The molecule has 0 atom stereocenters. The van der Waals surface area contributed by atoms with E-state index in [4.69, 9.17) is 4.98 Å². The number of thioether (sulfide) groups is 1. The van der Waals surface area contributed by atoms with Gasteiger partial charge in [-0.05, 0) is 6.26 Å². The number of hydrogen-bond donors (Lipinski definition) is 0. The third-order valence-electron chi connectivity index (χ3n) is 4.43. The second-order valence-electron chi connectivity index (χ2n) is 6.28. The molecule has 0 fully saturated rings. The first-order valence-corrected chi connectivity index (χ1v) is 10.1. The van der Waals surface area contributed by atoms with Crippen molar-refractivity contribution < 1.29 is 0 Å². The van der Waals surface area contributed by atoms with Crippen LogP contribution in [0.2, 0.25) is 0 Å². The number of nitrogens with zero attached hydrogens (tertiary/aromatic N) is 6. The van der Waals surface area contributed by atoms with Crippen LogP contribution >= 0.6 is 23.1 Å². The van der Waals surface area contributed by atoms with Crippen LogP contribution in [0.15, 0.2) is 10.7 Å². The van der Waals surface area contributed by atoms with Gasteiger partial charge >= 0.3 is 0 Å². The van der Waals surface area contributed by atoms with E-state index in [2.05, 4.69) is 45.3 Å². The zero-order valence-corrected chi connectivity index (χ0v) is 15.9. The average Bonchev–Trinajstić information content (AvgIpc) is 3.15. The summed E-state index contributed by atoms with van der Waals surface area (Å²) < 4.78 is 4.38. The molecule has 0 N–H and O–H groups in total. The lowest BCUT2D eigenvalue weighted by Crippen LogP contribution is -2.31. The van der Waals surface area contributed by atoms with Crippen LogP contribution in [-0.2, 0) is 20.0 Å². The zero-order valence-electron chi connectivity index (χ0n) is 14.3. The number of hydrogen-bond acceptors (Lipinski definition) is 7. The molecular weight excluding hydrogens is 340 g/mol. The van der Waals surface area contributed by atoms with Crippen molar-refractivity contribution in [3.8, 4) is 0 Å². The molecule has 0 bridgehead atoms. The molecule has 0 radical (unpaired) electrons. The molecule has 0 spiro atoms. The van der Waals surface area contributed by atoms with Crippen LogP contribution in [-0.4, -0.2) is 37.3 Å². The molecule has 8 heteroatoms. The number of thiazole rings is 1. The fraction of sp³-hybridized carbons (Fsp3) is 0.500. The van der Waals surface area contributed by atoms with Crippen LogP contribution in [0.3, 0.4) is 0 Å². The molecule has 24 heavy (non-hydrogen) atoms. The summed E-state index contributed by atoms with van der Waals surface area (Å²) in [4.78, 5) is 20.6. The van der Waals surface area contributed by atoms with Crippen molar-refractivity contribution in [3.63, 3.8) is 0 Å². The van der Waals surface area contributed by atoms with Crippen molar-refractivity contribution in [2.45, 2.75) is 37.1 Å². The van der Waals surface area contributed by atoms with Gasteiger partial charge in [-0.25, -0.2) is 19.9 Å². The summed E-state index contributed by atoms with van der Waals surface area (Å²) in [6.07, 6.45) is 4.65. The van der Waals surface area contributed by atoms with Crippen LogP contribution in [0, 0.1) is 0 Å². The van der Waals surface area contributed by atoms with Gasteiger partial charge in [-0.1, -0.05) is 25.6 Å². The molecular formula is C16H20N6S2. The van der Waals surface area contributed by atoms with Gasteiger partial charge in [0.2, 0.25) is 0 Å². The Labute approximate surface area is 149 Å². The van der Waals surface area contributed by atoms with Gasteiger partial charge < -0.3 is 9.47 Å². The maximum absolute atomic E-state index is 4.89. The molecule has 0 amide bonds. The second-order valence-corrected chi connectivity index (χ2v) is 8.34. The molecule has 0 aliphatic carbocycles. The summed E-state index contributed by atoms with van der Waals surface area (Å²) in [5.41, 5.74) is 3.33. The highest BCUT2D eigenvalue weighted by molar-refractivity contribution is 8.00. The molecule has 0 saturated carbocycles. The lowest BCUT2D eigenvalue weighted by atomic mass is 10.1. The van der Waals surface area contributed by atoms with Gasteiger partial charge in [-0.3, -0.25) is 0 Å². The molecule has 0 aromatic carbocycles. The van der Waals surface area contributed by atoms with E-state index in [1.807, 2.05) is 6.26 Å². The van der Waals surface area contributed by atoms with Crippen LogP contribution in [0.4, 0.5) is 5.82 Å². The second kappa shape index (κ2) is 6.00. The Balaban J connectivity index is 1.72. The fourth-order valence-electron chi connectivity index (χ4n) is 3.28. The highest BCUT2D eigenvalue weighted by Crippen LogP contribution is 2.34. The SMILES string of the molecule is CSc1nc2ncnc(N3CCc4c(nc(C(C)C)n4C)C3)c2s1. The van der Waals surface area contributed by atoms with Gasteiger partial charge in [0.15, 0.2) is 15.8 Å². The Kier molecular flexibility index (Phi) is 3.96. The minimum atomic E-state index is 0.436. The number of aromatic nitrogens is 5. The van der Waals surface area contributed by atoms with E-state index in [1.54, 1.807) is 29.4 Å². The number of rotatable bonds is 3. The third kappa shape index (κ3) is 2.48. The Morgan fingerprint density at radius 3 is 2.83 bits per heavy atom. The van der Waals surface area contributed by atoms with Crippen molar-refractivity contribution in [2.75, 3.05) is 17.7 Å². The van der Waals surface area contributed by atoms with E-state index in [0.29, 0.717) is 5.92 Å². The fourth-order valence-corrected chi connectivity index (χ4v) is 4.81. The Bertz CT molecular complexity index is 897. The molecule has 3 aromatic heterocycles. The molecule has 0 saturated heterocycles. The lowest BCUT2D eigenvalue weighted by molar-refractivity contribution is 0.660. The third-order valence-corrected chi connectivity index (χ3v) is 6.46. The number of anilines is 1. The normalized spacial score (nSPS) is 14.6. The first-order chi connectivity index (χ1) is 11.6. The van der Waals surface area contributed by atoms with Crippen LogP contribution in [0.1, 0.15) is 37.0 Å². The summed E-state index contributed by atoms with van der Waals surface area (Å²) in [6, 6.07) is 0. The van der Waals surface area contributed by atoms with E-state index in [1.165, 1.54) is 11.4 Å². The molecule has 1 aliphatic rings. The molecule has 126 valence electrons. The molecule has 3 aromatic rings. The summed E-state index contributed by atoms with van der Waals surface area (Å²) in [7, 11) is 2.13. The van der Waals surface area contributed by atoms with Crippen LogP contribution < -0.4 is 4.90 Å². The maximum atomic E-state index is 4.89. The van der Waals surface area contributed by atoms with Crippen LogP contribution in [0.5, 0.6) is 0 Å². The smallest absolute Gasteiger partial charge is 0.176 e. The predicted octanol–water partition coefficient (Wildman–Crippen LogP) is 3.23. The summed E-state index contributed by atoms with van der Waals surface area (Å²) >= 11 is 3.32. The summed E-state index contributed by atoms with van der Waals surface area (Å²) in [5, 5.41) is 0. The van der Waals surface area contributed by atoms with Gasteiger partial charge in [-0.15, -0.1) is 11.3 Å². The Hall–Kier alpha value is -1.67. The Morgan fingerprint density at radius 2 is 2.08 bits per heavy atom. The summed E-state index contributed by atoms with van der Waals surface area (Å²) in [5.74, 6) is 2.59. The van der Waals surface area contributed by atoms with Gasteiger partial charge in [0, 0.05) is 31.6 Å². The number of imidazole rings is 1. The molecule has 0 unspecified atom stereocenters. The maximum Gasteiger partial charge on any atom is 0.176 e.